The number of rotatable bonds is 12. The molecule has 194 valence electrons. The molecule has 0 bridgehead atoms. The molecule has 3 heterocycles. The van der Waals surface area contributed by atoms with E-state index in [1.54, 1.807) is 6.20 Å². The maximum atomic E-state index is 13.3. The molecular weight excluding hydrogens is 458 g/mol. The Kier molecular flexibility index (Phi) is 8.88. The van der Waals surface area contributed by atoms with E-state index in [0.717, 1.165) is 41.8 Å². The van der Waals surface area contributed by atoms with Gasteiger partial charge in [-0.05, 0) is 42.5 Å². The van der Waals surface area contributed by atoms with Gasteiger partial charge in [0.2, 0.25) is 5.91 Å². The highest BCUT2D eigenvalue weighted by atomic mass is 16.5. The van der Waals surface area contributed by atoms with Crippen LogP contribution in [0.3, 0.4) is 0 Å². The van der Waals surface area contributed by atoms with Gasteiger partial charge in [0.25, 0.3) is 0 Å². The fraction of sp³-hybridized carbons (Fsp3) is 0.556. The zero-order valence-corrected chi connectivity index (χ0v) is 21.0. The number of nitrogens with two attached hydrogens (primary N) is 1. The second-order valence-electron chi connectivity index (χ2n) is 9.70. The molecule has 3 atom stereocenters. The van der Waals surface area contributed by atoms with Gasteiger partial charge >= 0.3 is 5.97 Å². The minimum absolute atomic E-state index is 0.00748. The number of aromatic nitrogens is 2. The summed E-state index contributed by atoms with van der Waals surface area (Å²) in [6.45, 7) is 5.04. The summed E-state index contributed by atoms with van der Waals surface area (Å²) in [5.41, 5.74) is 8.77. The van der Waals surface area contributed by atoms with Crippen molar-refractivity contribution in [1.29, 1.82) is 0 Å². The van der Waals surface area contributed by atoms with Crippen molar-refractivity contribution in [2.45, 2.75) is 51.0 Å². The Morgan fingerprint density at radius 2 is 2.14 bits per heavy atom. The van der Waals surface area contributed by atoms with Crippen LogP contribution in [-0.4, -0.2) is 82.1 Å². The van der Waals surface area contributed by atoms with Gasteiger partial charge in [-0.1, -0.05) is 25.5 Å². The number of fused-ring (bicyclic) bond motifs is 1. The lowest BCUT2D eigenvalue weighted by atomic mass is 9.83. The highest BCUT2D eigenvalue weighted by Crippen LogP contribution is 2.41. The molecule has 0 saturated carbocycles. The highest BCUT2D eigenvalue weighted by Gasteiger charge is 2.47. The molecule has 0 spiro atoms. The molecule has 1 aromatic carbocycles. The zero-order chi connectivity index (χ0) is 25.5. The molecule has 0 aliphatic carbocycles. The Hall–Kier alpha value is -3.04. The smallest absolute Gasteiger partial charge is 0.308 e. The van der Waals surface area contributed by atoms with E-state index in [4.69, 9.17) is 10.5 Å². The zero-order valence-electron chi connectivity index (χ0n) is 21.0. The molecule has 2 aliphatic heterocycles. The first-order chi connectivity index (χ1) is 17.5. The number of unbranched alkanes of at least 4 members (excludes halogenated alkanes) is 1. The van der Waals surface area contributed by atoms with E-state index >= 15 is 0 Å². The largest absolute Gasteiger partial charge is 0.493 e. The first-order valence-corrected chi connectivity index (χ1v) is 13.0. The van der Waals surface area contributed by atoms with Gasteiger partial charge in [-0.2, -0.15) is 0 Å². The van der Waals surface area contributed by atoms with Gasteiger partial charge in [-0.15, -0.1) is 0 Å². The Bertz CT molecular complexity index is 1030. The highest BCUT2D eigenvalue weighted by molar-refractivity contribution is 5.79. The Labute approximate surface area is 212 Å². The van der Waals surface area contributed by atoms with Crippen LogP contribution in [0.4, 0.5) is 0 Å². The summed E-state index contributed by atoms with van der Waals surface area (Å²) in [5, 5.41) is 10.4. The molecular formula is C27H37N5O4. The van der Waals surface area contributed by atoms with Crippen LogP contribution in [0.5, 0.6) is 5.75 Å². The number of hydrogen-bond acceptors (Lipinski definition) is 7. The van der Waals surface area contributed by atoms with Crippen LogP contribution in [0.2, 0.25) is 0 Å². The molecule has 9 heteroatoms. The van der Waals surface area contributed by atoms with Crippen molar-refractivity contribution in [2.75, 3.05) is 39.3 Å². The fourth-order valence-electron chi connectivity index (χ4n) is 5.53. The van der Waals surface area contributed by atoms with Crippen molar-refractivity contribution in [3.05, 3.63) is 53.6 Å². The number of aryl methyl sites for hydroxylation is 1. The minimum Gasteiger partial charge on any atom is -0.493 e. The number of benzene rings is 1. The number of ether oxygens (including phenoxy) is 1. The summed E-state index contributed by atoms with van der Waals surface area (Å²) in [7, 11) is 0. The van der Waals surface area contributed by atoms with Crippen molar-refractivity contribution >= 4 is 11.9 Å². The Morgan fingerprint density at radius 1 is 1.28 bits per heavy atom. The number of hydrogen-bond donors (Lipinski definition) is 2. The van der Waals surface area contributed by atoms with E-state index in [1.807, 2.05) is 23.1 Å². The first kappa shape index (κ1) is 26.0. The third kappa shape index (κ3) is 6.02. The van der Waals surface area contributed by atoms with Crippen molar-refractivity contribution in [2.24, 2.45) is 11.7 Å². The molecule has 3 N–H and O–H groups in total. The van der Waals surface area contributed by atoms with Gasteiger partial charge in [0, 0.05) is 56.5 Å². The normalized spacial score (nSPS) is 21.2. The summed E-state index contributed by atoms with van der Waals surface area (Å²) in [6, 6.07) is 7.60. The Balaban J connectivity index is 1.59. The topological polar surface area (TPSA) is 122 Å². The Morgan fingerprint density at radius 3 is 2.86 bits per heavy atom. The van der Waals surface area contributed by atoms with Gasteiger partial charge in [0.05, 0.1) is 19.1 Å². The number of carboxylic acids is 1. The van der Waals surface area contributed by atoms with Crippen LogP contribution in [-0.2, 0) is 22.4 Å². The summed E-state index contributed by atoms with van der Waals surface area (Å²) >= 11 is 0. The van der Waals surface area contributed by atoms with Gasteiger partial charge in [0.15, 0.2) is 0 Å². The predicted octanol–water partition coefficient (Wildman–Crippen LogP) is 2.10. The molecule has 36 heavy (non-hydrogen) atoms. The number of amides is 1. The van der Waals surface area contributed by atoms with Crippen LogP contribution < -0.4 is 10.5 Å². The van der Waals surface area contributed by atoms with Crippen LogP contribution in [0, 0.1) is 5.92 Å². The van der Waals surface area contributed by atoms with Gasteiger partial charge < -0.3 is 20.5 Å². The van der Waals surface area contributed by atoms with E-state index in [-0.39, 0.29) is 24.4 Å². The lowest BCUT2D eigenvalue weighted by molar-refractivity contribution is -0.143. The summed E-state index contributed by atoms with van der Waals surface area (Å²) < 4.78 is 5.66. The third-order valence-corrected chi connectivity index (χ3v) is 7.39. The third-order valence-electron chi connectivity index (χ3n) is 7.39. The van der Waals surface area contributed by atoms with Crippen molar-refractivity contribution < 1.29 is 19.4 Å². The molecule has 0 radical (unpaired) electrons. The maximum absolute atomic E-state index is 13.3. The van der Waals surface area contributed by atoms with E-state index in [9.17, 15) is 14.7 Å². The van der Waals surface area contributed by atoms with E-state index in [1.165, 1.54) is 6.33 Å². The quantitative estimate of drug-likeness (QED) is 0.459. The molecule has 1 fully saturated rings. The average molecular weight is 496 g/mol. The number of nitrogens with zero attached hydrogens (tertiary/aromatic N) is 4. The second-order valence-corrected chi connectivity index (χ2v) is 9.70. The van der Waals surface area contributed by atoms with E-state index < -0.39 is 11.9 Å². The molecule has 1 aromatic heterocycles. The number of aliphatic carboxylic acids is 1. The standard InChI is InChI=1S/C27H37N5O4/c1-2-3-12-31(13-10-28)25(33)17-32-16-22(19-4-7-24-20(15-19)9-14-36-24)26(27(34)35)23(32)6-5-21-8-11-29-18-30-21/h4,7-8,11,15,18,22-23,26H,2-3,5-6,9-10,12-14,16-17,28H2,1H3,(H,34,35). The lowest BCUT2D eigenvalue weighted by Gasteiger charge is -2.29. The molecule has 2 aliphatic rings. The summed E-state index contributed by atoms with van der Waals surface area (Å²) in [5.74, 6) is -0.782. The van der Waals surface area contributed by atoms with Gasteiger partial charge in [-0.25, -0.2) is 9.97 Å². The van der Waals surface area contributed by atoms with Crippen LogP contribution in [0.25, 0.3) is 0 Å². The van der Waals surface area contributed by atoms with Crippen molar-refractivity contribution in [1.82, 2.24) is 19.8 Å². The van der Waals surface area contributed by atoms with Gasteiger partial charge in [-0.3, -0.25) is 14.5 Å². The monoisotopic (exact) mass is 495 g/mol. The van der Waals surface area contributed by atoms with Gasteiger partial charge in [0.1, 0.15) is 12.1 Å². The molecule has 1 saturated heterocycles. The number of carbonyl (C=O) groups is 2. The molecule has 1 amide bonds. The molecule has 4 rings (SSSR count). The maximum Gasteiger partial charge on any atom is 0.308 e. The molecule has 9 nitrogen and oxygen atoms in total. The van der Waals surface area contributed by atoms with Crippen molar-refractivity contribution in [3.8, 4) is 5.75 Å². The number of carboxylic acid groups (broad SMARTS) is 1. The SMILES string of the molecule is CCCCN(CCN)C(=O)CN1CC(c2ccc3c(c2)CCO3)C(C(=O)O)C1CCc1ccncn1. The summed E-state index contributed by atoms with van der Waals surface area (Å²) in [6.07, 6.45) is 7.16. The van der Waals surface area contributed by atoms with E-state index in [0.29, 0.717) is 45.6 Å². The number of carbonyl (C=O) groups excluding carboxylic acids is 1. The molecule has 2 aromatic rings. The average Bonchev–Trinajstić information content (AvgIpc) is 3.50. The van der Waals surface area contributed by atoms with Crippen LogP contribution in [0.1, 0.15) is 48.9 Å². The van der Waals surface area contributed by atoms with Crippen molar-refractivity contribution in [3.63, 3.8) is 0 Å². The first-order valence-electron chi connectivity index (χ1n) is 13.0. The van der Waals surface area contributed by atoms with Crippen LogP contribution >= 0.6 is 0 Å². The fourth-order valence-corrected chi connectivity index (χ4v) is 5.53. The second kappa shape index (κ2) is 12.3. The van der Waals surface area contributed by atoms with Crippen LogP contribution in [0.15, 0.2) is 36.8 Å². The van der Waals surface area contributed by atoms with E-state index in [2.05, 4.69) is 27.9 Å². The summed E-state index contributed by atoms with van der Waals surface area (Å²) in [4.78, 5) is 38.2. The lowest BCUT2D eigenvalue weighted by Crippen LogP contribution is -2.45. The number of likely N-dealkylation sites (tertiary alicyclic amines) is 1. The minimum atomic E-state index is -0.829. The molecule has 3 unspecified atom stereocenters. The predicted molar refractivity (Wildman–Crippen MR) is 136 cm³/mol.